The standard InChI is InChI=1S/C12H17ClFNO/c1-15-11(5-6-16-2)7-9-3-4-10(13)8-12(9)14/h3-4,8,11,15H,5-7H2,1-2H3. The number of methoxy groups -OCH3 is 1. The third kappa shape index (κ3) is 4.08. The zero-order valence-electron chi connectivity index (χ0n) is 9.59. The molecule has 0 aliphatic heterocycles. The maximum atomic E-state index is 13.5. The van der Waals surface area contributed by atoms with Gasteiger partial charge in [-0.15, -0.1) is 0 Å². The van der Waals surface area contributed by atoms with E-state index >= 15 is 0 Å². The summed E-state index contributed by atoms with van der Waals surface area (Å²) in [6.45, 7) is 0.667. The van der Waals surface area contributed by atoms with Crippen molar-refractivity contribution in [2.75, 3.05) is 20.8 Å². The number of nitrogens with one attached hydrogen (secondary N) is 1. The molecule has 0 saturated carbocycles. The van der Waals surface area contributed by atoms with Gasteiger partial charge in [-0.05, 0) is 37.6 Å². The number of hydrogen-bond acceptors (Lipinski definition) is 2. The van der Waals surface area contributed by atoms with Gasteiger partial charge in [0.05, 0.1) is 0 Å². The molecule has 16 heavy (non-hydrogen) atoms. The van der Waals surface area contributed by atoms with Crippen LogP contribution in [0.5, 0.6) is 0 Å². The molecule has 1 rings (SSSR count). The van der Waals surface area contributed by atoms with Crippen molar-refractivity contribution in [3.05, 3.63) is 34.6 Å². The first-order valence-corrected chi connectivity index (χ1v) is 5.65. The summed E-state index contributed by atoms with van der Waals surface area (Å²) < 4.78 is 18.5. The highest BCUT2D eigenvalue weighted by molar-refractivity contribution is 6.30. The quantitative estimate of drug-likeness (QED) is 0.832. The zero-order valence-corrected chi connectivity index (χ0v) is 10.4. The fourth-order valence-corrected chi connectivity index (χ4v) is 1.72. The Kier molecular flexibility index (Phi) is 5.74. The normalized spacial score (nSPS) is 12.8. The monoisotopic (exact) mass is 245 g/mol. The molecular weight excluding hydrogens is 229 g/mol. The van der Waals surface area contributed by atoms with Gasteiger partial charge in [0.2, 0.25) is 0 Å². The number of likely N-dealkylation sites (N-methyl/N-ethyl adjacent to an activating group) is 1. The summed E-state index contributed by atoms with van der Waals surface area (Å²) in [5, 5.41) is 3.58. The van der Waals surface area contributed by atoms with E-state index in [1.54, 1.807) is 19.2 Å². The van der Waals surface area contributed by atoms with Gasteiger partial charge in [-0.25, -0.2) is 4.39 Å². The van der Waals surface area contributed by atoms with Crippen LogP contribution in [0.3, 0.4) is 0 Å². The number of hydrogen-bond donors (Lipinski definition) is 1. The topological polar surface area (TPSA) is 21.3 Å². The Bertz CT molecular complexity index is 333. The van der Waals surface area contributed by atoms with E-state index < -0.39 is 0 Å². The molecule has 0 aliphatic carbocycles. The summed E-state index contributed by atoms with van der Waals surface area (Å²) in [5.41, 5.74) is 0.680. The van der Waals surface area contributed by atoms with Crippen LogP contribution in [0.15, 0.2) is 18.2 Å². The molecule has 0 aliphatic rings. The van der Waals surface area contributed by atoms with Crippen molar-refractivity contribution < 1.29 is 9.13 Å². The molecule has 0 spiro atoms. The molecule has 1 N–H and O–H groups in total. The van der Waals surface area contributed by atoms with Gasteiger partial charge in [-0.1, -0.05) is 17.7 Å². The maximum Gasteiger partial charge on any atom is 0.127 e. The first kappa shape index (κ1) is 13.4. The summed E-state index contributed by atoms with van der Waals surface area (Å²) in [5.74, 6) is -0.245. The van der Waals surface area contributed by atoms with E-state index in [2.05, 4.69) is 5.32 Å². The van der Waals surface area contributed by atoms with Crippen LogP contribution in [-0.2, 0) is 11.2 Å². The van der Waals surface area contributed by atoms with E-state index in [4.69, 9.17) is 16.3 Å². The van der Waals surface area contributed by atoms with Gasteiger partial charge >= 0.3 is 0 Å². The molecule has 1 unspecified atom stereocenters. The van der Waals surface area contributed by atoms with Crippen molar-refractivity contribution in [1.29, 1.82) is 0 Å². The lowest BCUT2D eigenvalue weighted by Gasteiger charge is -2.16. The third-order valence-electron chi connectivity index (χ3n) is 2.56. The van der Waals surface area contributed by atoms with E-state index in [9.17, 15) is 4.39 Å². The second-order valence-electron chi connectivity index (χ2n) is 3.71. The molecule has 1 atom stereocenters. The molecule has 2 nitrogen and oxygen atoms in total. The third-order valence-corrected chi connectivity index (χ3v) is 2.80. The van der Waals surface area contributed by atoms with Crippen molar-refractivity contribution in [2.45, 2.75) is 18.9 Å². The van der Waals surface area contributed by atoms with Crippen LogP contribution < -0.4 is 5.32 Å². The number of benzene rings is 1. The van der Waals surface area contributed by atoms with Crippen LogP contribution in [0.2, 0.25) is 5.02 Å². The van der Waals surface area contributed by atoms with Crippen molar-refractivity contribution in [3.8, 4) is 0 Å². The van der Waals surface area contributed by atoms with E-state index in [0.29, 0.717) is 23.6 Å². The first-order valence-electron chi connectivity index (χ1n) is 5.27. The average molecular weight is 246 g/mol. The highest BCUT2D eigenvalue weighted by Gasteiger charge is 2.10. The van der Waals surface area contributed by atoms with Gasteiger partial charge in [0.25, 0.3) is 0 Å². The number of rotatable bonds is 6. The molecular formula is C12H17ClFNO. The number of ether oxygens (including phenoxy) is 1. The lowest BCUT2D eigenvalue weighted by atomic mass is 10.0. The van der Waals surface area contributed by atoms with Crippen LogP contribution in [-0.4, -0.2) is 26.8 Å². The van der Waals surface area contributed by atoms with Crippen molar-refractivity contribution >= 4 is 11.6 Å². The molecule has 4 heteroatoms. The second-order valence-corrected chi connectivity index (χ2v) is 4.14. The van der Waals surface area contributed by atoms with Crippen LogP contribution in [0.25, 0.3) is 0 Å². The molecule has 0 aromatic heterocycles. The second kappa shape index (κ2) is 6.84. The Morgan fingerprint density at radius 3 is 2.81 bits per heavy atom. The fourth-order valence-electron chi connectivity index (χ4n) is 1.56. The van der Waals surface area contributed by atoms with Gasteiger partial charge in [0, 0.05) is 24.8 Å². The van der Waals surface area contributed by atoms with Crippen LogP contribution >= 0.6 is 11.6 Å². The smallest absolute Gasteiger partial charge is 0.127 e. The van der Waals surface area contributed by atoms with Crippen molar-refractivity contribution in [1.82, 2.24) is 5.32 Å². The van der Waals surface area contributed by atoms with Crippen molar-refractivity contribution in [2.24, 2.45) is 0 Å². The zero-order chi connectivity index (χ0) is 12.0. The predicted molar refractivity (Wildman–Crippen MR) is 64.5 cm³/mol. The molecule has 0 saturated heterocycles. The minimum atomic E-state index is -0.245. The van der Waals surface area contributed by atoms with Gasteiger partial charge in [0.15, 0.2) is 0 Å². The highest BCUT2D eigenvalue weighted by atomic mass is 35.5. The van der Waals surface area contributed by atoms with Gasteiger partial charge in [-0.2, -0.15) is 0 Å². The fraction of sp³-hybridized carbons (Fsp3) is 0.500. The summed E-state index contributed by atoms with van der Waals surface area (Å²) >= 11 is 5.70. The van der Waals surface area contributed by atoms with E-state index in [-0.39, 0.29) is 11.9 Å². The van der Waals surface area contributed by atoms with E-state index in [0.717, 1.165) is 6.42 Å². The number of halogens is 2. The molecule has 0 bridgehead atoms. The van der Waals surface area contributed by atoms with Crippen LogP contribution in [0.4, 0.5) is 4.39 Å². The Labute approximate surface area is 101 Å². The summed E-state index contributed by atoms with van der Waals surface area (Å²) in [6, 6.07) is 5.01. The van der Waals surface area contributed by atoms with Crippen LogP contribution in [0.1, 0.15) is 12.0 Å². The molecule has 1 aromatic carbocycles. The molecule has 0 radical (unpaired) electrons. The summed E-state index contributed by atoms with van der Waals surface area (Å²) in [6.07, 6.45) is 1.50. The highest BCUT2D eigenvalue weighted by Crippen LogP contribution is 2.16. The molecule has 1 aromatic rings. The first-order chi connectivity index (χ1) is 7.67. The Morgan fingerprint density at radius 2 is 2.25 bits per heavy atom. The lowest BCUT2D eigenvalue weighted by Crippen LogP contribution is -2.29. The Balaban J connectivity index is 2.62. The minimum Gasteiger partial charge on any atom is -0.385 e. The van der Waals surface area contributed by atoms with Crippen molar-refractivity contribution in [3.63, 3.8) is 0 Å². The van der Waals surface area contributed by atoms with E-state index in [1.807, 2.05) is 7.05 Å². The van der Waals surface area contributed by atoms with Gasteiger partial charge in [0.1, 0.15) is 5.82 Å². The van der Waals surface area contributed by atoms with Gasteiger partial charge < -0.3 is 10.1 Å². The summed E-state index contributed by atoms with van der Waals surface area (Å²) in [7, 11) is 3.53. The van der Waals surface area contributed by atoms with Gasteiger partial charge in [-0.3, -0.25) is 0 Å². The Morgan fingerprint density at radius 1 is 1.50 bits per heavy atom. The lowest BCUT2D eigenvalue weighted by molar-refractivity contribution is 0.183. The SMILES string of the molecule is CNC(CCOC)Cc1ccc(Cl)cc1F. The Hall–Kier alpha value is -0.640. The summed E-state index contributed by atoms with van der Waals surface area (Å²) in [4.78, 5) is 0. The molecule has 90 valence electrons. The van der Waals surface area contributed by atoms with Crippen LogP contribution in [0, 0.1) is 5.82 Å². The predicted octanol–water partition coefficient (Wildman–Crippen LogP) is 2.65. The largest absolute Gasteiger partial charge is 0.385 e. The van der Waals surface area contributed by atoms with E-state index in [1.165, 1.54) is 6.07 Å². The maximum absolute atomic E-state index is 13.5. The average Bonchev–Trinajstić information content (AvgIpc) is 2.27. The molecule has 0 amide bonds. The molecule has 0 fully saturated rings. The molecule has 0 heterocycles. The minimum absolute atomic E-state index is 0.218.